The van der Waals surface area contributed by atoms with Gasteiger partial charge in [0.2, 0.25) is 0 Å². The third kappa shape index (κ3) is 5.41. The average Bonchev–Trinajstić information content (AvgIpc) is 1.89. The van der Waals surface area contributed by atoms with Crippen LogP contribution in [-0.2, 0) is 0 Å². The van der Waals surface area contributed by atoms with Gasteiger partial charge in [-0.3, -0.25) is 0 Å². The number of nitrogens with one attached hydrogen (secondary N) is 1. The Bertz CT molecular complexity index is 84.6. The second-order valence-corrected chi connectivity index (χ2v) is 2.30. The summed E-state index contributed by atoms with van der Waals surface area (Å²) < 4.78 is 0. The van der Waals surface area contributed by atoms with Crippen molar-refractivity contribution in [3.8, 4) is 0 Å². The van der Waals surface area contributed by atoms with Crippen LogP contribution >= 0.6 is 0 Å². The molecule has 0 saturated carbocycles. The maximum absolute atomic E-state index is 3.22. The fourth-order valence-electron chi connectivity index (χ4n) is 0.493. The van der Waals surface area contributed by atoms with E-state index < -0.39 is 0 Å². The second-order valence-electron chi connectivity index (χ2n) is 2.30. The highest BCUT2D eigenvalue weighted by atomic mass is 14.8. The molecule has 0 aliphatic rings. The van der Waals surface area contributed by atoms with Crippen molar-refractivity contribution >= 4 is 0 Å². The molecular weight excluding hydrogens is 110 g/mol. The van der Waals surface area contributed by atoms with Crippen LogP contribution in [-0.4, -0.2) is 6.54 Å². The Labute approximate surface area is 58.2 Å². The van der Waals surface area contributed by atoms with Gasteiger partial charge in [0.05, 0.1) is 0 Å². The molecule has 0 spiro atoms. The number of rotatable bonds is 4. The van der Waals surface area contributed by atoms with Crippen molar-refractivity contribution in [2.75, 3.05) is 6.54 Å². The third-order valence-corrected chi connectivity index (χ3v) is 1.30. The first-order valence-corrected chi connectivity index (χ1v) is 3.70. The van der Waals surface area contributed by atoms with Crippen molar-refractivity contribution in [2.24, 2.45) is 0 Å². The van der Waals surface area contributed by atoms with Crippen LogP contribution in [0.25, 0.3) is 0 Å². The monoisotopic (exact) mass is 127 g/mol. The van der Waals surface area contributed by atoms with Crippen LogP contribution in [0.4, 0.5) is 0 Å². The molecule has 0 aromatic heterocycles. The molecular formula is C8H17N. The van der Waals surface area contributed by atoms with E-state index in [9.17, 15) is 0 Å². The zero-order valence-electron chi connectivity index (χ0n) is 6.70. The molecule has 0 unspecified atom stereocenters. The van der Waals surface area contributed by atoms with Gasteiger partial charge < -0.3 is 5.32 Å². The largest absolute Gasteiger partial charge is 0.391 e. The van der Waals surface area contributed by atoms with Gasteiger partial charge in [-0.15, -0.1) is 0 Å². The summed E-state index contributed by atoms with van der Waals surface area (Å²) in [5.41, 5.74) is 1.42. The lowest BCUT2D eigenvalue weighted by Crippen LogP contribution is -2.05. The average molecular weight is 127 g/mol. The summed E-state index contributed by atoms with van der Waals surface area (Å²) in [6, 6.07) is 0. The molecule has 0 atom stereocenters. The van der Waals surface area contributed by atoms with Gasteiger partial charge in [-0.1, -0.05) is 19.4 Å². The maximum Gasteiger partial charge on any atom is 0.0138 e. The quantitative estimate of drug-likeness (QED) is 0.571. The first-order chi connectivity index (χ1) is 4.31. The number of hydrogen-bond acceptors (Lipinski definition) is 1. The lowest BCUT2D eigenvalue weighted by atomic mass is 10.2. The van der Waals surface area contributed by atoms with E-state index in [1.165, 1.54) is 12.0 Å². The third-order valence-electron chi connectivity index (χ3n) is 1.30. The summed E-state index contributed by atoms with van der Waals surface area (Å²) in [5, 5.41) is 3.22. The standard InChI is InChI=1S/C8H17N/c1-4-6-9-7-8(3)5-2/h7,9H,4-6H2,1-3H3/b8-7+. The molecule has 0 aromatic rings. The zero-order valence-corrected chi connectivity index (χ0v) is 6.70. The van der Waals surface area contributed by atoms with Crippen LogP contribution in [0.2, 0.25) is 0 Å². The molecule has 0 rings (SSSR count). The molecule has 0 bridgehead atoms. The summed E-state index contributed by atoms with van der Waals surface area (Å²) in [6.45, 7) is 7.57. The number of allylic oxidation sites excluding steroid dienone is 1. The van der Waals surface area contributed by atoms with E-state index in [1.54, 1.807) is 0 Å². The van der Waals surface area contributed by atoms with Crippen LogP contribution in [0, 0.1) is 0 Å². The van der Waals surface area contributed by atoms with Crippen LogP contribution in [0.3, 0.4) is 0 Å². The predicted octanol–water partition coefficient (Wildman–Crippen LogP) is 2.30. The van der Waals surface area contributed by atoms with E-state index in [-0.39, 0.29) is 0 Å². The summed E-state index contributed by atoms with van der Waals surface area (Å²) in [7, 11) is 0. The van der Waals surface area contributed by atoms with Gasteiger partial charge in [-0.05, 0) is 26.0 Å². The van der Waals surface area contributed by atoms with E-state index in [4.69, 9.17) is 0 Å². The van der Waals surface area contributed by atoms with Gasteiger partial charge >= 0.3 is 0 Å². The molecule has 1 nitrogen and oxygen atoms in total. The summed E-state index contributed by atoms with van der Waals surface area (Å²) in [5.74, 6) is 0. The highest BCUT2D eigenvalue weighted by molar-refractivity contribution is 4.94. The van der Waals surface area contributed by atoms with Gasteiger partial charge in [0.25, 0.3) is 0 Å². The fourth-order valence-corrected chi connectivity index (χ4v) is 0.493. The molecule has 1 heteroatoms. The Balaban J connectivity index is 3.21. The SMILES string of the molecule is CCCN/C=C(\C)CC. The molecule has 0 aliphatic heterocycles. The smallest absolute Gasteiger partial charge is 0.0138 e. The summed E-state index contributed by atoms with van der Waals surface area (Å²) in [6.07, 6.45) is 4.45. The molecule has 0 fully saturated rings. The van der Waals surface area contributed by atoms with Crippen LogP contribution in [0.15, 0.2) is 11.8 Å². The highest BCUT2D eigenvalue weighted by Gasteiger charge is 1.80. The molecule has 0 heterocycles. The van der Waals surface area contributed by atoms with Crippen molar-refractivity contribution < 1.29 is 0 Å². The molecule has 0 amide bonds. The van der Waals surface area contributed by atoms with Crippen LogP contribution < -0.4 is 5.32 Å². The van der Waals surface area contributed by atoms with Crippen molar-refractivity contribution in [1.29, 1.82) is 0 Å². The van der Waals surface area contributed by atoms with Gasteiger partial charge in [0.1, 0.15) is 0 Å². The van der Waals surface area contributed by atoms with Crippen molar-refractivity contribution in [3.63, 3.8) is 0 Å². The lowest BCUT2D eigenvalue weighted by molar-refractivity contribution is 0.799. The predicted molar refractivity (Wildman–Crippen MR) is 42.3 cm³/mol. The molecule has 1 N–H and O–H groups in total. The molecule has 9 heavy (non-hydrogen) atoms. The van der Waals surface area contributed by atoms with Crippen molar-refractivity contribution in [2.45, 2.75) is 33.6 Å². The number of hydrogen-bond donors (Lipinski definition) is 1. The fraction of sp³-hybridized carbons (Fsp3) is 0.750. The minimum atomic E-state index is 1.09. The maximum atomic E-state index is 3.22. The van der Waals surface area contributed by atoms with Crippen LogP contribution in [0.5, 0.6) is 0 Å². The van der Waals surface area contributed by atoms with E-state index in [0.29, 0.717) is 0 Å². The minimum Gasteiger partial charge on any atom is -0.391 e. The lowest BCUT2D eigenvalue weighted by Gasteiger charge is -1.97. The topological polar surface area (TPSA) is 12.0 Å². The van der Waals surface area contributed by atoms with Gasteiger partial charge in [0.15, 0.2) is 0 Å². The van der Waals surface area contributed by atoms with Crippen LogP contribution in [0.1, 0.15) is 33.6 Å². The Morgan fingerprint density at radius 3 is 2.56 bits per heavy atom. The minimum absolute atomic E-state index is 1.09. The Morgan fingerprint density at radius 2 is 2.11 bits per heavy atom. The second kappa shape index (κ2) is 5.67. The molecule has 0 aromatic carbocycles. The highest BCUT2D eigenvalue weighted by Crippen LogP contribution is 1.93. The van der Waals surface area contributed by atoms with Crippen molar-refractivity contribution in [3.05, 3.63) is 11.8 Å². The Kier molecular flexibility index (Phi) is 5.38. The van der Waals surface area contributed by atoms with E-state index in [0.717, 1.165) is 13.0 Å². The van der Waals surface area contributed by atoms with Gasteiger partial charge in [0, 0.05) is 6.54 Å². The van der Waals surface area contributed by atoms with Gasteiger partial charge in [-0.25, -0.2) is 0 Å². The first kappa shape index (κ1) is 8.54. The Morgan fingerprint density at radius 1 is 1.44 bits per heavy atom. The molecule has 0 aliphatic carbocycles. The van der Waals surface area contributed by atoms with Crippen molar-refractivity contribution in [1.82, 2.24) is 5.32 Å². The molecule has 0 radical (unpaired) electrons. The van der Waals surface area contributed by atoms with E-state index in [2.05, 4.69) is 32.3 Å². The van der Waals surface area contributed by atoms with Gasteiger partial charge in [-0.2, -0.15) is 0 Å². The van der Waals surface area contributed by atoms with E-state index >= 15 is 0 Å². The molecule has 54 valence electrons. The summed E-state index contributed by atoms with van der Waals surface area (Å²) >= 11 is 0. The first-order valence-electron chi connectivity index (χ1n) is 3.70. The Hall–Kier alpha value is -0.460. The summed E-state index contributed by atoms with van der Waals surface area (Å²) in [4.78, 5) is 0. The van der Waals surface area contributed by atoms with E-state index in [1.807, 2.05) is 0 Å². The molecule has 0 saturated heterocycles. The zero-order chi connectivity index (χ0) is 7.11. The normalized spacial score (nSPS) is 11.7.